The fraction of sp³-hybridized carbons (Fsp3) is 0.333. The van der Waals surface area contributed by atoms with Crippen LogP contribution in [-0.4, -0.2) is 10.0 Å². The predicted molar refractivity (Wildman–Crippen MR) is 57.5 cm³/mol. The molecule has 0 aliphatic rings. The lowest BCUT2D eigenvalue weighted by atomic mass is 10.1. The Bertz CT molecular complexity index is 221. The van der Waals surface area contributed by atoms with Gasteiger partial charge >= 0.3 is 0 Å². The SMILES string of the molecule is CI.Cc1ccc(C)c(O)c1. The van der Waals surface area contributed by atoms with Crippen molar-refractivity contribution in [1.29, 1.82) is 0 Å². The van der Waals surface area contributed by atoms with Crippen LogP contribution in [0.15, 0.2) is 18.2 Å². The van der Waals surface area contributed by atoms with E-state index in [2.05, 4.69) is 22.6 Å². The molecule has 0 aliphatic carbocycles. The van der Waals surface area contributed by atoms with Crippen molar-refractivity contribution < 1.29 is 5.11 Å². The van der Waals surface area contributed by atoms with Crippen LogP contribution in [0.5, 0.6) is 5.75 Å². The van der Waals surface area contributed by atoms with E-state index in [0.717, 1.165) is 11.1 Å². The normalized spacial score (nSPS) is 8.36. The summed E-state index contributed by atoms with van der Waals surface area (Å²) >= 11 is 2.15. The van der Waals surface area contributed by atoms with E-state index in [1.165, 1.54) is 0 Å². The topological polar surface area (TPSA) is 20.2 Å². The zero-order valence-corrected chi connectivity index (χ0v) is 9.21. The van der Waals surface area contributed by atoms with Crippen molar-refractivity contribution in [2.24, 2.45) is 0 Å². The van der Waals surface area contributed by atoms with Gasteiger partial charge in [0.15, 0.2) is 0 Å². The zero-order chi connectivity index (χ0) is 8.85. The molecule has 0 saturated carbocycles. The number of halogens is 1. The molecular formula is C9H13IO. The minimum absolute atomic E-state index is 0.384. The summed E-state index contributed by atoms with van der Waals surface area (Å²) < 4.78 is 0. The van der Waals surface area contributed by atoms with Crippen molar-refractivity contribution in [3.8, 4) is 5.75 Å². The first kappa shape index (κ1) is 10.8. The Kier molecular flexibility index (Phi) is 5.28. The summed E-state index contributed by atoms with van der Waals surface area (Å²) in [6, 6.07) is 5.65. The lowest BCUT2D eigenvalue weighted by molar-refractivity contribution is 0.470. The second-order valence-electron chi connectivity index (χ2n) is 2.29. The number of aromatic hydroxyl groups is 1. The van der Waals surface area contributed by atoms with Gasteiger partial charge in [0.05, 0.1) is 0 Å². The van der Waals surface area contributed by atoms with Gasteiger partial charge in [0.25, 0.3) is 0 Å². The molecule has 1 aromatic carbocycles. The van der Waals surface area contributed by atoms with Gasteiger partial charge in [0.1, 0.15) is 5.75 Å². The highest BCUT2D eigenvalue weighted by molar-refractivity contribution is 14.1. The number of phenols is 1. The van der Waals surface area contributed by atoms with Crippen LogP contribution in [0.2, 0.25) is 0 Å². The number of phenolic OH excluding ortho intramolecular Hbond substituents is 1. The minimum Gasteiger partial charge on any atom is -0.508 e. The van der Waals surface area contributed by atoms with Crippen molar-refractivity contribution in [3.63, 3.8) is 0 Å². The monoisotopic (exact) mass is 264 g/mol. The highest BCUT2D eigenvalue weighted by Gasteiger charge is 1.91. The molecule has 0 unspecified atom stereocenters. The van der Waals surface area contributed by atoms with E-state index in [0.29, 0.717) is 5.75 Å². The van der Waals surface area contributed by atoms with Gasteiger partial charge in [-0.3, -0.25) is 0 Å². The number of rotatable bonds is 0. The van der Waals surface area contributed by atoms with Crippen LogP contribution in [0.4, 0.5) is 0 Å². The molecule has 62 valence electrons. The van der Waals surface area contributed by atoms with Crippen molar-refractivity contribution in [2.45, 2.75) is 13.8 Å². The smallest absolute Gasteiger partial charge is 0.118 e. The Hall–Kier alpha value is -0.250. The van der Waals surface area contributed by atoms with E-state index in [1.807, 2.05) is 30.9 Å². The first-order chi connectivity index (χ1) is 5.20. The van der Waals surface area contributed by atoms with Gasteiger partial charge in [-0.2, -0.15) is 0 Å². The molecule has 0 saturated heterocycles. The van der Waals surface area contributed by atoms with Crippen LogP contribution < -0.4 is 0 Å². The number of hydrogen-bond acceptors (Lipinski definition) is 1. The van der Waals surface area contributed by atoms with E-state index in [9.17, 15) is 0 Å². The minimum atomic E-state index is 0.384. The molecule has 1 nitrogen and oxygen atoms in total. The van der Waals surface area contributed by atoms with E-state index in [1.54, 1.807) is 6.07 Å². The highest BCUT2D eigenvalue weighted by Crippen LogP contribution is 2.15. The number of benzene rings is 1. The molecule has 0 spiro atoms. The zero-order valence-electron chi connectivity index (χ0n) is 7.06. The molecule has 0 atom stereocenters. The Balaban J connectivity index is 0.000000461. The summed E-state index contributed by atoms with van der Waals surface area (Å²) in [4.78, 5) is 1.97. The van der Waals surface area contributed by atoms with Crippen molar-refractivity contribution in [2.75, 3.05) is 4.93 Å². The Labute approximate surface area is 81.6 Å². The summed E-state index contributed by atoms with van der Waals surface area (Å²) in [5, 5.41) is 9.10. The molecular weight excluding hydrogens is 251 g/mol. The van der Waals surface area contributed by atoms with E-state index < -0.39 is 0 Å². The van der Waals surface area contributed by atoms with Gasteiger partial charge in [-0.25, -0.2) is 0 Å². The Morgan fingerprint density at radius 3 is 2.09 bits per heavy atom. The molecule has 0 fully saturated rings. The summed E-state index contributed by atoms with van der Waals surface area (Å²) in [5.41, 5.74) is 2.03. The van der Waals surface area contributed by atoms with Gasteiger partial charge in [-0.1, -0.05) is 34.7 Å². The predicted octanol–water partition coefficient (Wildman–Crippen LogP) is 3.06. The molecule has 2 heteroatoms. The number of alkyl halides is 1. The lowest BCUT2D eigenvalue weighted by Gasteiger charge is -1.97. The summed E-state index contributed by atoms with van der Waals surface area (Å²) in [6.45, 7) is 3.84. The second kappa shape index (κ2) is 5.41. The average Bonchev–Trinajstić information content (AvgIpc) is 2.02. The standard InChI is InChI=1S/C8H10O.CH3I/c1-6-3-4-7(2)8(9)5-6;1-2/h3-5,9H,1-2H3;1H3. The maximum atomic E-state index is 9.10. The largest absolute Gasteiger partial charge is 0.508 e. The van der Waals surface area contributed by atoms with Gasteiger partial charge in [-0.05, 0) is 36.0 Å². The van der Waals surface area contributed by atoms with Crippen LogP contribution in [0.1, 0.15) is 11.1 Å². The van der Waals surface area contributed by atoms with Crippen molar-refractivity contribution >= 4 is 22.6 Å². The Morgan fingerprint density at radius 1 is 1.18 bits per heavy atom. The third-order valence-electron chi connectivity index (χ3n) is 1.36. The van der Waals surface area contributed by atoms with Crippen LogP contribution in [0.3, 0.4) is 0 Å². The van der Waals surface area contributed by atoms with E-state index in [-0.39, 0.29) is 0 Å². The average molecular weight is 264 g/mol. The highest BCUT2D eigenvalue weighted by atomic mass is 127. The van der Waals surface area contributed by atoms with Crippen LogP contribution >= 0.6 is 22.6 Å². The first-order valence-electron chi connectivity index (χ1n) is 3.34. The van der Waals surface area contributed by atoms with Crippen LogP contribution in [-0.2, 0) is 0 Å². The van der Waals surface area contributed by atoms with Gasteiger partial charge in [-0.15, -0.1) is 0 Å². The lowest BCUT2D eigenvalue weighted by Crippen LogP contribution is -1.74. The number of aryl methyl sites for hydroxylation is 2. The molecule has 1 rings (SSSR count). The summed E-state index contributed by atoms with van der Waals surface area (Å²) in [5.74, 6) is 0.384. The molecule has 0 amide bonds. The fourth-order valence-electron chi connectivity index (χ4n) is 0.719. The van der Waals surface area contributed by atoms with Gasteiger partial charge < -0.3 is 5.11 Å². The van der Waals surface area contributed by atoms with Gasteiger partial charge in [0, 0.05) is 0 Å². The molecule has 1 aromatic rings. The Morgan fingerprint density at radius 2 is 1.73 bits per heavy atom. The molecule has 0 heterocycles. The maximum absolute atomic E-state index is 9.10. The second-order valence-corrected chi connectivity index (χ2v) is 2.29. The molecule has 11 heavy (non-hydrogen) atoms. The molecule has 0 radical (unpaired) electrons. The third-order valence-corrected chi connectivity index (χ3v) is 1.36. The fourth-order valence-corrected chi connectivity index (χ4v) is 0.719. The first-order valence-corrected chi connectivity index (χ1v) is 5.50. The maximum Gasteiger partial charge on any atom is 0.118 e. The summed E-state index contributed by atoms with van der Waals surface area (Å²) in [6.07, 6.45) is 0. The molecule has 0 aromatic heterocycles. The molecule has 0 aliphatic heterocycles. The quantitative estimate of drug-likeness (QED) is 0.564. The number of hydrogen-bond donors (Lipinski definition) is 1. The molecule has 1 N–H and O–H groups in total. The third kappa shape index (κ3) is 3.60. The summed E-state index contributed by atoms with van der Waals surface area (Å²) in [7, 11) is 0. The van der Waals surface area contributed by atoms with Crippen molar-refractivity contribution in [1.82, 2.24) is 0 Å². The van der Waals surface area contributed by atoms with Crippen LogP contribution in [0.25, 0.3) is 0 Å². The molecule has 0 bridgehead atoms. The van der Waals surface area contributed by atoms with E-state index in [4.69, 9.17) is 5.11 Å². The van der Waals surface area contributed by atoms with Gasteiger partial charge in [0.2, 0.25) is 0 Å². The van der Waals surface area contributed by atoms with E-state index >= 15 is 0 Å². The van der Waals surface area contributed by atoms with Crippen molar-refractivity contribution in [3.05, 3.63) is 29.3 Å². The van der Waals surface area contributed by atoms with Crippen LogP contribution in [0, 0.1) is 13.8 Å².